The van der Waals surface area contributed by atoms with E-state index in [0.29, 0.717) is 5.56 Å². The Bertz CT molecular complexity index is 293. The molecule has 1 rings (SSSR count). The van der Waals surface area contributed by atoms with E-state index in [0.717, 1.165) is 5.32 Å². The van der Waals surface area contributed by atoms with Crippen molar-refractivity contribution < 1.29 is 14.9 Å². The molecule has 0 saturated carbocycles. The number of amides is 2. The number of nitrogens with two attached hydrogens (primary N) is 1. The maximum atomic E-state index is 11.2. The summed E-state index contributed by atoms with van der Waals surface area (Å²) in [5.74, 6) is -0.452. The molecule has 0 fully saturated rings. The summed E-state index contributed by atoms with van der Waals surface area (Å²) in [6, 6.07) is 8.72. The van der Waals surface area contributed by atoms with Gasteiger partial charge in [-0.25, -0.2) is 14.9 Å². The van der Waals surface area contributed by atoms with Crippen LogP contribution in [-0.2, 0) is 4.79 Å². The zero-order valence-electron chi connectivity index (χ0n) is 6.78. The van der Waals surface area contributed by atoms with Gasteiger partial charge in [0, 0.05) is 0 Å². The second kappa shape index (κ2) is 3.78. The molecule has 2 N–H and O–H groups in total. The van der Waals surface area contributed by atoms with E-state index in [1.54, 1.807) is 24.3 Å². The van der Waals surface area contributed by atoms with Crippen LogP contribution >= 0.6 is 0 Å². The number of hydrogen-bond donors (Lipinski definition) is 1. The SMILES string of the molecule is CC(=O)[NH2+]C(=O)c1ccccc1. The van der Waals surface area contributed by atoms with Gasteiger partial charge in [-0.2, -0.15) is 0 Å². The monoisotopic (exact) mass is 164 g/mol. The lowest BCUT2D eigenvalue weighted by atomic mass is 10.2. The van der Waals surface area contributed by atoms with E-state index < -0.39 is 0 Å². The summed E-state index contributed by atoms with van der Waals surface area (Å²) in [6.07, 6.45) is 0. The summed E-state index contributed by atoms with van der Waals surface area (Å²) >= 11 is 0. The van der Waals surface area contributed by atoms with E-state index in [-0.39, 0.29) is 11.8 Å². The first kappa shape index (κ1) is 8.62. The van der Waals surface area contributed by atoms with E-state index in [9.17, 15) is 9.59 Å². The predicted octanol–water partition coefficient (Wildman–Crippen LogP) is -0.0633. The van der Waals surface area contributed by atoms with Gasteiger partial charge >= 0.3 is 11.8 Å². The molecule has 1 aromatic carbocycles. The molecule has 0 aliphatic heterocycles. The highest BCUT2D eigenvalue weighted by molar-refractivity contribution is 5.91. The molecule has 0 heterocycles. The molecule has 0 unspecified atom stereocenters. The molecule has 0 radical (unpaired) electrons. The highest BCUT2D eigenvalue weighted by Crippen LogP contribution is 1.94. The fraction of sp³-hybridized carbons (Fsp3) is 0.111. The molecule has 3 nitrogen and oxygen atoms in total. The van der Waals surface area contributed by atoms with Crippen LogP contribution in [0.25, 0.3) is 0 Å². The maximum absolute atomic E-state index is 11.2. The summed E-state index contributed by atoms with van der Waals surface area (Å²) in [5.41, 5.74) is 0.549. The fourth-order valence-corrected chi connectivity index (χ4v) is 0.870. The Balaban J connectivity index is 2.73. The summed E-state index contributed by atoms with van der Waals surface area (Å²) in [7, 11) is 0. The lowest BCUT2D eigenvalue weighted by Crippen LogP contribution is -2.90. The molecule has 62 valence electrons. The van der Waals surface area contributed by atoms with Crippen LogP contribution in [0.2, 0.25) is 0 Å². The van der Waals surface area contributed by atoms with Crippen molar-refractivity contribution in [2.24, 2.45) is 0 Å². The van der Waals surface area contributed by atoms with Crippen LogP contribution in [-0.4, -0.2) is 11.8 Å². The summed E-state index contributed by atoms with van der Waals surface area (Å²) in [6.45, 7) is 1.36. The van der Waals surface area contributed by atoms with E-state index in [1.165, 1.54) is 6.92 Å². The summed E-state index contributed by atoms with van der Waals surface area (Å²) in [4.78, 5) is 21.7. The van der Waals surface area contributed by atoms with Crippen LogP contribution in [0, 0.1) is 0 Å². The Morgan fingerprint density at radius 2 is 1.75 bits per heavy atom. The lowest BCUT2D eigenvalue weighted by Gasteiger charge is -1.93. The van der Waals surface area contributed by atoms with Crippen LogP contribution in [0.3, 0.4) is 0 Å². The third-order valence-electron chi connectivity index (χ3n) is 1.39. The number of hydrogen-bond acceptors (Lipinski definition) is 2. The maximum Gasteiger partial charge on any atom is 0.349 e. The van der Waals surface area contributed by atoms with Gasteiger partial charge in [0.15, 0.2) is 0 Å². The molecule has 0 atom stereocenters. The average molecular weight is 164 g/mol. The minimum atomic E-state index is -0.233. The van der Waals surface area contributed by atoms with Crippen LogP contribution < -0.4 is 5.32 Å². The standard InChI is InChI=1S/C9H9NO2/c1-7(11)10-9(12)8-5-3-2-4-6-8/h2-6H,1H3,(H,10,11,12)/p+1. The number of carbonyl (C=O) groups excluding carboxylic acids is 2. The van der Waals surface area contributed by atoms with Gasteiger partial charge in [0.1, 0.15) is 0 Å². The van der Waals surface area contributed by atoms with Gasteiger partial charge < -0.3 is 0 Å². The molecule has 0 bridgehead atoms. The molecule has 2 amide bonds. The van der Waals surface area contributed by atoms with Crippen molar-refractivity contribution in [3.63, 3.8) is 0 Å². The Kier molecular flexibility index (Phi) is 2.71. The molecule has 12 heavy (non-hydrogen) atoms. The van der Waals surface area contributed by atoms with E-state index >= 15 is 0 Å². The fourth-order valence-electron chi connectivity index (χ4n) is 0.870. The van der Waals surface area contributed by atoms with Crippen molar-refractivity contribution in [2.75, 3.05) is 0 Å². The Morgan fingerprint density at radius 3 is 2.25 bits per heavy atom. The summed E-state index contributed by atoms with van der Waals surface area (Å²) in [5, 5.41) is 1.09. The topological polar surface area (TPSA) is 50.8 Å². The second-order valence-electron chi connectivity index (χ2n) is 2.49. The van der Waals surface area contributed by atoms with E-state index in [1.807, 2.05) is 6.07 Å². The minimum Gasteiger partial charge on any atom is -0.231 e. The zero-order valence-corrected chi connectivity index (χ0v) is 6.78. The van der Waals surface area contributed by atoms with Crippen molar-refractivity contribution in [3.05, 3.63) is 35.9 Å². The second-order valence-corrected chi connectivity index (χ2v) is 2.49. The Hall–Kier alpha value is -1.48. The number of carbonyl (C=O) groups is 2. The van der Waals surface area contributed by atoms with Crippen molar-refractivity contribution in [3.8, 4) is 0 Å². The van der Waals surface area contributed by atoms with Crippen molar-refractivity contribution >= 4 is 11.8 Å². The molecule has 0 aromatic heterocycles. The van der Waals surface area contributed by atoms with Gasteiger partial charge in [-0.3, -0.25) is 0 Å². The Labute approximate surface area is 70.4 Å². The smallest absolute Gasteiger partial charge is 0.231 e. The van der Waals surface area contributed by atoms with Gasteiger partial charge in [0.25, 0.3) is 0 Å². The molecule has 0 aliphatic rings. The summed E-state index contributed by atoms with van der Waals surface area (Å²) < 4.78 is 0. The van der Waals surface area contributed by atoms with Crippen LogP contribution in [0.4, 0.5) is 0 Å². The quantitative estimate of drug-likeness (QED) is 0.632. The first-order valence-corrected chi connectivity index (χ1v) is 3.65. The predicted molar refractivity (Wildman–Crippen MR) is 43.4 cm³/mol. The highest BCUT2D eigenvalue weighted by Gasteiger charge is 2.10. The molecular weight excluding hydrogens is 154 g/mol. The number of imide groups is 1. The van der Waals surface area contributed by atoms with E-state index in [4.69, 9.17) is 0 Å². The van der Waals surface area contributed by atoms with Crippen molar-refractivity contribution in [1.82, 2.24) is 0 Å². The van der Waals surface area contributed by atoms with Crippen LogP contribution in [0.1, 0.15) is 17.3 Å². The number of rotatable bonds is 1. The number of quaternary nitrogens is 1. The normalized spacial score (nSPS) is 9.42. The first-order valence-electron chi connectivity index (χ1n) is 3.65. The molecule has 1 aromatic rings. The average Bonchev–Trinajstić information content (AvgIpc) is 2.05. The number of primary amides is 2. The van der Waals surface area contributed by atoms with Gasteiger partial charge in [-0.05, 0) is 12.1 Å². The van der Waals surface area contributed by atoms with Crippen molar-refractivity contribution in [1.29, 1.82) is 0 Å². The van der Waals surface area contributed by atoms with Gasteiger partial charge in [-0.1, -0.05) is 18.2 Å². The first-order chi connectivity index (χ1) is 5.70. The van der Waals surface area contributed by atoms with Crippen LogP contribution in [0.5, 0.6) is 0 Å². The lowest BCUT2D eigenvalue weighted by molar-refractivity contribution is -0.468. The Morgan fingerprint density at radius 1 is 1.17 bits per heavy atom. The molecule has 0 saturated heterocycles. The van der Waals surface area contributed by atoms with Crippen LogP contribution in [0.15, 0.2) is 30.3 Å². The van der Waals surface area contributed by atoms with Crippen molar-refractivity contribution in [2.45, 2.75) is 6.92 Å². The molecule has 0 aliphatic carbocycles. The largest absolute Gasteiger partial charge is 0.349 e. The van der Waals surface area contributed by atoms with Gasteiger partial charge in [0.2, 0.25) is 0 Å². The number of benzene rings is 1. The minimum absolute atomic E-state index is 0.219. The molecule has 0 spiro atoms. The molecule has 3 heteroatoms. The molecular formula is C9H10NO2+. The zero-order chi connectivity index (χ0) is 8.97. The van der Waals surface area contributed by atoms with E-state index in [2.05, 4.69) is 0 Å². The third-order valence-corrected chi connectivity index (χ3v) is 1.39. The third kappa shape index (κ3) is 2.29. The van der Waals surface area contributed by atoms with Gasteiger partial charge in [0.05, 0.1) is 12.5 Å². The van der Waals surface area contributed by atoms with Gasteiger partial charge in [-0.15, -0.1) is 0 Å². The highest BCUT2D eigenvalue weighted by atomic mass is 16.2.